The quantitative estimate of drug-likeness (QED) is 0.788. The monoisotopic (exact) mass is 363 g/mol. The van der Waals surface area contributed by atoms with Crippen molar-refractivity contribution in [1.29, 1.82) is 0 Å². The van der Waals surface area contributed by atoms with Crippen LogP contribution in [-0.2, 0) is 0 Å². The average Bonchev–Trinajstić information content (AvgIpc) is 2.35. The molecule has 0 atom stereocenters. The lowest BCUT2D eigenvalue weighted by Crippen LogP contribution is -2.02. The van der Waals surface area contributed by atoms with Crippen LogP contribution in [0.1, 0.15) is 10.4 Å². The summed E-state index contributed by atoms with van der Waals surface area (Å²) >= 11 is 15.0. The fourth-order valence-corrected chi connectivity index (χ4v) is 2.29. The fraction of sp³-hybridized carbons (Fsp3) is 0. The molecule has 2 rings (SSSR count). The van der Waals surface area contributed by atoms with Crippen LogP contribution in [0.15, 0.2) is 28.7 Å². The van der Waals surface area contributed by atoms with Gasteiger partial charge in [-0.3, -0.25) is 0 Å². The van der Waals surface area contributed by atoms with Gasteiger partial charge in [0.1, 0.15) is 10.8 Å². The van der Waals surface area contributed by atoms with Gasteiger partial charge in [0, 0.05) is 10.0 Å². The molecule has 0 amide bonds. The van der Waals surface area contributed by atoms with Gasteiger partial charge in [-0.05, 0) is 28.1 Å². The van der Waals surface area contributed by atoms with E-state index in [-0.39, 0.29) is 15.9 Å². The zero-order valence-corrected chi connectivity index (χ0v) is 12.2. The third-order valence-electron chi connectivity index (χ3n) is 2.37. The Morgan fingerprint density at radius 1 is 1.37 bits per heavy atom. The van der Waals surface area contributed by atoms with Gasteiger partial charge < -0.3 is 5.11 Å². The molecule has 0 aliphatic carbocycles. The Labute approximate surface area is 126 Å². The van der Waals surface area contributed by atoms with Gasteiger partial charge >= 0.3 is 5.97 Å². The molecule has 2 aromatic rings. The number of carboxylic acids is 1. The Bertz CT molecular complexity index is 679. The first-order chi connectivity index (χ1) is 8.91. The molecule has 1 aromatic heterocycles. The highest BCUT2D eigenvalue weighted by Crippen LogP contribution is 2.35. The van der Waals surface area contributed by atoms with Crippen LogP contribution in [0.4, 0.5) is 4.39 Å². The van der Waals surface area contributed by atoms with E-state index in [4.69, 9.17) is 28.3 Å². The van der Waals surface area contributed by atoms with Crippen molar-refractivity contribution in [2.45, 2.75) is 0 Å². The van der Waals surface area contributed by atoms with Crippen LogP contribution in [0.3, 0.4) is 0 Å². The van der Waals surface area contributed by atoms with Crippen LogP contribution < -0.4 is 0 Å². The predicted molar refractivity (Wildman–Crippen MR) is 74.3 cm³/mol. The molecule has 0 aliphatic heterocycles. The highest BCUT2D eigenvalue weighted by atomic mass is 79.9. The number of nitrogens with zero attached hydrogens (tertiary/aromatic N) is 1. The van der Waals surface area contributed by atoms with Crippen LogP contribution in [-0.4, -0.2) is 16.1 Å². The van der Waals surface area contributed by atoms with Crippen LogP contribution >= 0.6 is 39.1 Å². The number of pyridine rings is 1. The Hall–Kier alpha value is -1.17. The zero-order chi connectivity index (χ0) is 14.2. The third kappa shape index (κ3) is 2.73. The van der Waals surface area contributed by atoms with Crippen LogP contribution in [0, 0.1) is 5.82 Å². The SMILES string of the molecule is O=C(O)c1cc(F)c(-c2cccc(Br)c2Cl)nc1Cl. The van der Waals surface area contributed by atoms with Gasteiger partial charge in [0.25, 0.3) is 0 Å². The van der Waals surface area contributed by atoms with Crippen molar-refractivity contribution in [1.82, 2.24) is 4.98 Å². The standard InChI is InChI=1S/C12H5BrCl2FNO2/c13-7-3-1-2-5(9(7)14)10-8(16)4-6(12(18)19)11(15)17-10/h1-4H,(H,18,19). The molecule has 0 radical (unpaired) electrons. The van der Waals surface area contributed by atoms with Gasteiger partial charge in [0.15, 0.2) is 5.82 Å². The highest BCUT2D eigenvalue weighted by molar-refractivity contribution is 9.10. The molecule has 3 nitrogen and oxygen atoms in total. The van der Waals surface area contributed by atoms with Crippen molar-refractivity contribution >= 4 is 45.1 Å². The van der Waals surface area contributed by atoms with E-state index >= 15 is 0 Å². The minimum Gasteiger partial charge on any atom is -0.478 e. The average molecular weight is 365 g/mol. The number of halogens is 4. The molecule has 0 saturated carbocycles. The fourth-order valence-electron chi connectivity index (χ4n) is 1.49. The van der Waals surface area contributed by atoms with E-state index < -0.39 is 17.3 Å². The number of aromatic carboxylic acids is 1. The van der Waals surface area contributed by atoms with E-state index in [0.717, 1.165) is 6.07 Å². The largest absolute Gasteiger partial charge is 0.478 e. The summed E-state index contributed by atoms with van der Waals surface area (Å²) < 4.78 is 14.5. The minimum absolute atomic E-state index is 0.0960. The molecule has 0 aliphatic rings. The van der Waals surface area contributed by atoms with Crippen molar-refractivity contribution in [3.8, 4) is 11.3 Å². The van der Waals surface area contributed by atoms with Gasteiger partial charge in [-0.1, -0.05) is 35.3 Å². The summed E-state index contributed by atoms with van der Waals surface area (Å²) in [6.45, 7) is 0. The highest BCUT2D eigenvalue weighted by Gasteiger charge is 2.18. The number of aromatic nitrogens is 1. The summed E-state index contributed by atoms with van der Waals surface area (Å²) in [5.41, 5.74) is -0.164. The van der Waals surface area contributed by atoms with E-state index in [9.17, 15) is 9.18 Å². The van der Waals surface area contributed by atoms with Crippen molar-refractivity contribution in [2.24, 2.45) is 0 Å². The number of carboxylic acid groups (broad SMARTS) is 1. The van der Waals surface area contributed by atoms with Gasteiger partial charge in [0.2, 0.25) is 0 Å². The number of hydrogen-bond acceptors (Lipinski definition) is 2. The molecule has 7 heteroatoms. The summed E-state index contributed by atoms with van der Waals surface area (Å²) in [6.07, 6.45) is 0. The summed E-state index contributed by atoms with van der Waals surface area (Å²) in [6, 6.07) is 5.74. The lowest BCUT2D eigenvalue weighted by atomic mass is 10.1. The topological polar surface area (TPSA) is 50.2 Å². The van der Waals surface area contributed by atoms with Crippen molar-refractivity contribution in [3.05, 3.63) is 50.3 Å². The van der Waals surface area contributed by atoms with Crippen molar-refractivity contribution in [3.63, 3.8) is 0 Å². The molecule has 0 spiro atoms. The van der Waals surface area contributed by atoms with Gasteiger partial charge in [0.05, 0.1) is 10.6 Å². The van der Waals surface area contributed by atoms with Crippen molar-refractivity contribution in [2.75, 3.05) is 0 Å². The first-order valence-corrected chi connectivity index (χ1v) is 6.50. The lowest BCUT2D eigenvalue weighted by Gasteiger charge is -2.08. The molecule has 0 fully saturated rings. The second-order valence-corrected chi connectivity index (χ2v) is 5.15. The van der Waals surface area contributed by atoms with E-state index in [1.807, 2.05) is 0 Å². The molecule has 1 heterocycles. The first kappa shape index (κ1) is 14.2. The number of hydrogen-bond donors (Lipinski definition) is 1. The zero-order valence-electron chi connectivity index (χ0n) is 9.12. The van der Waals surface area contributed by atoms with Crippen LogP contribution in [0.25, 0.3) is 11.3 Å². The van der Waals surface area contributed by atoms with Crippen LogP contribution in [0.5, 0.6) is 0 Å². The summed E-state index contributed by atoms with van der Waals surface area (Å²) in [5.74, 6) is -2.15. The molecule has 98 valence electrons. The van der Waals surface area contributed by atoms with Gasteiger partial charge in [-0.25, -0.2) is 14.2 Å². The Kier molecular flexibility index (Phi) is 4.08. The smallest absolute Gasteiger partial charge is 0.338 e. The first-order valence-electron chi connectivity index (χ1n) is 4.95. The molecular weight excluding hydrogens is 360 g/mol. The summed E-state index contributed by atoms with van der Waals surface area (Å²) in [7, 11) is 0. The predicted octanol–water partition coefficient (Wildman–Crippen LogP) is 4.66. The molecule has 19 heavy (non-hydrogen) atoms. The molecule has 1 aromatic carbocycles. The molecule has 1 N–H and O–H groups in total. The van der Waals surface area contributed by atoms with E-state index in [1.54, 1.807) is 18.2 Å². The maximum Gasteiger partial charge on any atom is 0.338 e. The van der Waals surface area contributed by atoms with Crippen molar-refractivity contribution < 1.29 is 14.3 Å². The number of rotatable bonds is 2. The third-order valence-corrected chi connectivity index (χ3v) is 3.95. The molecule has 0 bridgehead atoms. The second-order valence-electron chi connectivity index (χ2n) is 3.56. The molecule has 0 unspecified atom stereocenters. The number of carbonyl (C=O) groups is 1. The van der Waals surface area contributed by atoms with E-state index in [0.29, 0.717) is 10.0 Å². The Balaban J connectivity index is 2.67. The normalized spacial score (nSPS) is 10.5. The summed E-state index contributed by atoms with van der Waals surface area (Å²) in [4.78, 5) is 14.6. The Morgan fingerprint density at radius 3 is 2.68 bits per heavy atom. The van der Waals surface area contributed by atoms with Crippen LogP contribution in [0.2, 0.25) is 10.2 Å². The lowest BCUT2D eigenvalue weighted by molar-refractivity contribution is 0.0696. The second kappa shape index (κ2) is 5.45. The molecular formula is C12H5BrCl2FNO2. The Morgan fingerprint density at radius 2 is 2.05 bits per heavy atom. The van der Waals surface area contributed by atoms with E-state index in [2.05, 4.69) is 20.9 Å². The maximum atomic E-state index is 13.9. The molecule has 0 saturated heterocycles. The summed E-state index contributed by atoms with van der Waals surface area (Å²) in [5, 5.41) is 8.81. The minimum atomic E-state index is -1.34. The van der Waals surface area contributed by atoms with Gasteiger partial charge in [-0.2, -0.15) is 0 Å². The van der Waals surface area contributed by atoms with Gasteiger partial charge in [-0.15, -0.1) is 0 Å². The number of benzene rings is 1. The maximum absolute atomic E-state index is 13.9. The van der Waals surface area contributed by atoms with E-state index in [1.165, 1.54) is 0 Å².